The number of thioether (sulfide) groups is 1. The topological polar surface area (TPSA) is 46.2 Å². The molecule has 2 aromatic rings. The molecule has 4 aliphatic rings. The standard InChI is InChI=1S/C23H27NO2S2/c1-27-21-6-8-22(9-7-21)28(25,26)24-20-4-2-19(3-5-20)23-13-16-10-17(14-23)12-18(11-16)15-23/h2-9,16-18,24H,10-15H2,1H3. The maximum Gasteiger partial charge on any atom is 0.261 e. The average molecular weight is 414 g/mol. The molecule has 5 heteroatoms. The van der Waals surface area contributed by atoms with E-state index in [9.17, 15) is 8.42 Å². The number of sulfonamides is 1. The second-order valence-corrected chi connectivity index (χ2v) is 11.6. The van der Waals surface area contributed by atoms with E-state index in [2.05, 4.69) is 16.9 Å². The van der Waals surface area contributed by atoms with Crippen molar-refractivity contribution in [3.8, 4) is 0 Å². The highest BCUT2D eigenvalue weighted by Gasteiger charge is 2.51. The Hall–Kier alpha value is -1.46. The normalized spacial score (nSPS) is 31.1. The van der Waals surface area contributed by atoms with E-state index < -0.39 is 10.0 Å². The third kappa shape index (κ3) is 3.26. The van der Waals surface area contributed by atoms with Gasteiger partial charge in [-0.05, 0) is 110 Å². The maximum atomic E-state index is 12.7. The molecule has 0 aliphatic heterocycles. The zero-order chi connectivity index (χ0) is 19.4. The molecular formula is C23H27NO2S2. The van der Waals surface area contributed by atoms with E-state index in [0.29, 0.717) is 16.0 Å². The highest BCUT2D eigenvalue weighted by Crippen LogP contribution is 2.60. The first kappa shape index (κ1) is 18.6. The Bertz CT molecular complexity index is 929. The molecule has 148 valence electrons. The Kier molecular flexibility index (Phi) is 4.51. The van der Waals surface area contributed by atoms with Gasteiger partial charge in [-0.1, -0.05) is 12.1 Å². The first-order chi connectivity index (χ1) is 13.5. The quantitative estimate of drug-likeness (QED) is 0.642. The first-order valence-electron chi connectivity index (χ1n) is 10.2. The molecule has 0 unspecified atom stereocenters. The van der Waals surface area contributed by atoms with Crippen molar-refractivity contribution in [2.24, 2.45) is 17.8 Å². The van der Waals surface area contributed by atoms with Crippen molar-refractivity contribution in [1.29, 1.82) is 0 Å². The van der Waals surface area contributed by atoms with Crippen molar-refractivity contribution < 1.29 is 8.42 Å². The van der Waals surface area contributed by atoms with Gasteiger partial charge < -0.3 is 0 Å². The van der Waals surface area contributed by atoms with Crippen molar-refractivity contribution >= 4 is 27.5 Å². The highest BCUT2D eigenvalue weighted by molar-refractivity contribution is 7.98. The Morgan fingerprint density at radius 3 is 1.89 bits per heavy atom. The molecule has 4 fully saturated rings. The van der Waals surface area contributed by atoms with Crippen LogP contribution in [0.3, 0.4) is 0 Å². The van der Waals surface area contributed by atoms with Crippen LogP contribution in [0.2, 0.25) is 0 Å². The van der Waals surface area contributed by atoms with Crippen LogP contribution >= 0.6 is 11.8 Å². The lowest BCUT2D eigenvalue weighted by atomic mass is 9.48. The monoisotopic (exact) mass is 413 g/mol. The summed E-state index contributed by atoms with van der Waals surface area (Å²) in [5, 5.41) is 0. The molecule has 2 aromatic carbocycles. The van der Waals surface area contributed by atoms with E-state index >= 15 is 0 Å². The second-order valence-electron chi connectivity index (χ2n) is 9.06. The predicted molar refractivity (Wildman–Crippen MR) is 115 cm³/mol. The van der Waals surface area contributed by atoms with Gasteiger partial charge in [0.05, 0.1) is 4.90 Å². The third-order valence-electron chi connectivity index (χ3n) is 7.16. The minimum Gasteiger partial charge on any atom is -0.280 e. The van der Waals surface area contributed by atoms with E-state index in [0.717, 1.165) is 22.6 Å². The minimum atomic E-state index is -3.56. The third-order valence-corrected chi connectivity index (χ3v) is 9.30. The number of hydrogen-bond donors (Lipinski definition) is 1. The van der Waals surface area contributed by atoms with Crippen LogP contribution < -0.4 is 4.72 Å². The number of rotatable bonds is 5. The summed E-state index contributed by atoms with van der Waals surface area (Å²) in [5.74, 6) is 2.73. The van der Waals surface area contributed by atoms with Crippen LogP contribution in [0.1, 0.15) is 44.1 Å². The molecule has 4 aliphatic carbocycles. The van der Waals surface area contributed by atoms with Gasteiger partial charge in [0.25, 0.3) is 10.0 Å². The summed E-state index contributed by atoms with van der Waals surface area (Å²) in [7, 11) is -3.56. The lowest BCUT2D eigenvalue weighted by Crippen LogP contribution is -2.48. The summed E-state index contributed by atoms with van der Waals surface area (Å²) >= 11 is 1.60. The van der Waals surface area contributed by atoms with Gasteiger partial charge >= 0.3 is 0 Å². The van der Waals surface area contributed by atoms with Gasteiger partial charge in [0.15, 0.2) is 0 Å². The summed E-state index contributed by atoms with van der Waals surface area (Å²) in [6, 6.07) is 15.2. The molecule has 4 bridgehead atoms. The molecule has 0 radical (unpaired) electrons. The largest absolute Gasteiger partial charge is 0.280 e. The lowest BCUT2D eigenvalue weighted by Gasteiger charge is -2.57. The molecule has 0 aromatic heterocycles. The van der Waals surface area contributed by atoms with E-state index in [1.807, 2.05) is 30.5 Å². The Balaban J connectivity index is 1.35. The van der Waals surface area contributed by atoms with Gasteiger partial charge in [-0.3, -0.25) is 4.72 Å². The van der Waals surface area contributed by atoms with Gasteiger partial charge in [-0.2, -0.15) is 0 Å². The van der Waals surface area contributed by atoms with Gasteiger partial charge in [0.2, 0.25) is 0 Å². The van der Waals surface area contributed by atoms with Crippen LogP contribution in [0.25, 0.3) is 0 Å². The van der Waals surface area contributed by atoms with Crippen molar-refractivity contribution in [3.63, 3.8) is 0 Å². The van der Waals surface area contributed by atoms with E-state index in [-0.39, 0.29) is 0 Å². The summed E-state index contributed by atoms with van der Waals surface area (Å²) in [5.41, 5.74) is 2.40. The molecule has 0 saturated heterocycles. The Labute approximate surface area is 172 Å². The zero-order valence-electron chi connectivity index (χ0n) is 16.2. The summed E-state index contributed by atoms with van der Waals surface area (Å²) < 4.78 is 28.1. The molecule has 0 amide bonds. The van der Waals surface area contributed by atoms with E-state index in [4.69, 9.17) is 0 Å². The molecule has 0 heterocycles. The molecule has 4 saturated carbocycles. The van der Waals surface area contributed by atoms with Gasteiger partial charge in [0.1, 0.15) is 0 Å². The van der Waals surface area contributed by atoms with Crippen molar-refractivity contribution in [3.05, 3.63) is 54.1 Å². The molecule has 28 heavy (non-hydrogen) atoms. The number of nitrogens with one attached hydrogen (secondary N) is 1. The smallest absolute Gasteiger partial charge is 0.261 e. The molecule has 6 rings (SSSR count). The lowest BCUT2D eigenvalue weighted by molar-refractivity contribution is -0.00518. The molecule has 0 atom stereocenters. The van der Waals surface area contributed by atoms with Crippen LogP contribution in [0.4, 0.5) is 5.69 Å². The number of anilines is 1. The summed E-state index contributed by atoms with van der Waals surface area (Å²) in [6.45, 7) is 0. The van der Waals surface area contributed by atoms with Crippen LogP contribution in [-0.4, -0.2) is 14.7 Å². The predicted octanol–water partition coefficient (Wildman–Crippen LogP) is 5.68. The van der Waals surface area contributed by atoms with E-state index in [1.54, 1.807) is 23.9 Å². The van der Waals surface area contributed by atoms with E-state index in [1.165, 1.54) is 44.1 Å². The Morgan fingerprint density at radius 2 is 1.39 bits per heavy atom. The van der Waals surface area contributed by atoms with Crippen LogP contribution in [-0.2, 0) is 15.4 Å². The molecule has 3 nitrogen and oxygen atoms in total. The fourth-order valence-corrected chi connectivity index (χ4v) is 7.79. The molecule has 1 N–H and O–H groups in total. The van der Waals surface area contributed by atoms with Gasteiger partial charge in [-0.15, -0.1) is 11.8 Å². The van der Waals surface area contributed by atoms with Gasteiger partial charge in [0, 0.05) is 10.6 Å². The van der Waals surface area contributed by atoms with Crippen LogP contribution in [0, 0.1) is 17.8 Å². The zero-order valence-corrected chi connectivity index (χ0v) is 17.9. The minimum absolute atomic E-state index is 0.301. The molecule has 0 spiro atoms. The van der Waals surface area contributed by atoms with Crippen LogP contribution in [0.5, 0.6) is 0 Å². The van der Waals surface area contributed by atoms with Crippen LogP contribution in [0.15, 0.2) is 58.3 Å². The van der Waals surface area contributed by atoms with Gasteiger partial charge in [-0.25, -0.2) is 8.42 Å². The molecular weight excluding hydrogens is 386 g/mol. The second kappa shape index (κ2) is 6.81. The number of hydrogen-bond acceptors (Lipinski definition) is 3. The highest BCUT2D eigenvalue weighted by atomic mass is 32.2. The summed E-state index contributed by atoms with van der Waals surface area (Å²) in [6.07, 6.45) is 10.3. The van der Waals surface area contributed by atoms with Crippen molar-refractivity contribution in [2.45, 2.75) is 53.7 Å². The summed E-state index contributed by atoms with van der Waals surface area (Å²) in [4.78, 5) is 1.36. The maximum absolute atomic E-state index is 12.7. The average Bonchev–Trinajstić information content (AvgIpc) is 2.67. The first-order valence-corrected chi connectivity index (χ1v) is 12.9. The Morgan fingerprint density at radius 1 is 0.857 bits per heavy atom. The fourth-order valence-electron chi connectivity index (χ4n) is 6.32. The van der Waals surface area contributed by atoms with Crippen molar-refractivity contribution in [1.82, 2.24) is 0 Å². The number of benzene rings is 2. The SMILES string of the molecule is CSc1ccc(S(=O)(=O)Nc2ccc(C34CC5CC(CC(C5)C3)C4)cc2)cc1. The fraction of sp³-hybridized carbons (Fsp3) is 0.478. The van der Waals surface area contributed by atoms with Crippen molar-refractivity contribution in [2.75, 3.05) is 11.0 Å².